The fourth-order valence-corrected chi connectivity index (χ4v) is 1.71. The number of rotatable bonds is 5. The fourth-order valence-electron chi connectivity index (χ4n) is 1.71. The Morgan fingerprint density at radius 3 is 2.72 bits per heavy atom. The molecule has 0 bridgehead atoms. The Hall–Kier alpha value is -1.88. The smallest absolute Gasteiger partial charge is 0.229 e. The molecule has 18 heavy (non-hydrogen) atoms. The molecule has 0 fully saturated rings. The van der Waals surface area contributed by atoms with Crippen LogP contribution in [-0.2, 0) is 0 Å². The lowest BCUT2D eigenvalue weighted by molar-refractivity contribution is 0.352. The second-order valence-corrected chi connectivity index (χ2v) is 4.34. The van der Waals surface area contributed by atoms with Crippen LogP contribution in [0.5, 0.6) is 5.75 Å². The van der Waals surface area contributed by atoms with E-state index in [0.29, 0.717) is 18.3 Å². The van der Waals surface area contributed by atoms with Crippen LogP contribution in [0.2, 0.25) is 0 Å². The molecule has 0 aliphatic carbocycles. The second-order valence-electron chi connectivity index (χ2n) is 4.34. The molecule has 1 aromatic heterocycles. The summed E-state index contributed by atoms with van der Waals surface area (Å²) in [6, 6.07) is 6.72. The summed E-state index contributed by atoms with van der Waals surface area (Å²) in [6.45, 7) is 2.72. The van der Waals surface area contributed by atoms with E-state index in [0.717, 1.165) is 18.4 Å². The molecule has 5 heteroatoms. The number of nitrogens with zero attached hydrogens (tertiary/aromatic N) is 2. The lowest BCUT2D eigenvalue weighted by atomic mass is 10.1. The number of phenols is 1. The van der Waals surface area contributed by atoms with E-state index in [-0.39, 0.29) is 11.7 Å². The van der Waals surface area contributed by atoms with Crippen LogP contribution in [0, 0.1) is 0 Å². The van der Waals surface area contributed by atoms with Crippen molar-refractivity contribution in [3.8, 4) is 17.1 Å². The Morgan fingerprint density at radius 2 is 2.06 bits per heavy atom. The molecular formula is C13H17N3O2. The zero-order chi connectivity index (χ0) is 13.0. The van der Waals surface area contributed by atoms with Gasteiger partial charge in [-0.3, -0.25) is 0 Å². The van der Waals surface area contributed by atoms with Crippen LogP contribution in [0.1, 0.15) is 31.6 Å². The zero-order valence-electron chi connectivity index (χ0n) is 10.3. The minimum absolute atomic E-state index is 0.215. The molecular weight excluding hydrogens is 230 g/mol. The maximum Gasteiger partial charge on any atom is 0.229 e. The zero-order valence-corrected chi connectivity index (χ0v) is 10.3. The molecule has 0 aliphatic heterocycles. The number of benzene rings is 1. The molecule has 0 aliphatic rings. The van der Waals surface area contributed by atoms with Crippen molar-refractivity contribution in [3.05, 3.63) is 30.2 Å². The second kappa shape index (κ2) is 5.64. The van der Waals surface area contributed by atoms with Gasteiger partial charge in [-0.2, -0.15) is 4.98 Å². The van der Waals surface area contributed by atoms with Gasteiger partial charge >= 0.3 is 0 Å². The molecule has 0 saturated heterocycles. The molecule has 3 N–H and O–H groups in total. The first kappa shape index (κ1) is 12.6. The van der Waals surface area contributed by atoms with Crippen molar-refractivity contribution in [1.82, 2.24) is 10.1 Å². The van der Waals surface area contributed by atoms with Gasteiger partial charge < -0.3 is 15.4 Å². The summed E-state index contributed by atoms with van der Waals surface area (Å²) in [6.07, 6.45) is 1.88. The van der Waals surface area contributed by atoms with E-state index >= 15 is 0 Å². The summed E-state index contributed by atoms with van der Waals surface area (Å²) >= 11 is 0. The summed E-state index contributed by atoms with van der Waals surface area (Å²) in [5, 5.41) is 13.2. The third kappa shape index (κ3) is 2.87. The lowest BCUT2D eigenvalue weighted by Gasteiger charge is -2.03. The average molecular weight is 247 g/mol. The van der Waals surface area contributed by atoms with Gasteiger partial charge in [0.25, 0.3) is 0 Å². The third-order valence-corrected chi connectivity index (χ3v) is 2.83. The standard InChI is InChI=1S/C13H17N3O2/c1-9(3-2-8-14)13-15-12(16-18-13)10-4-6-11(17)7-5-10/h4-7,9,17H,2-3,8,14H2,1H3. The van der Waals surface area contributed by atoms with E-state index in [4.69, 9.17) is 10.3 Å². The molecule has 0 amide bonds. The maximum absolute atomic E-state index is 9.22. The molecule has 5 nitrogen and oxygen atoms in total. The van der Waals surface area contributed by atoms with Gasteiger partial charge in [0.1, 0.15) is 5.75 Å². The van der Waals surface area contributed by atoms with E-state index < -0.39 is 0 Å². The summed E-state index contributed by atoms with van der Waals surface area (Å²) in [5.74, 6) is 1.61. The van der Waals surface area contributed by atoms with Crippen LogP contribution in [0.15, 0.2) is 28.8 Å². The van der Waals surface area contributed by atoms with Crippen LogP contribution in [0.3, 0.4) is 0 Å². The first-order valence-corrected chi connectivity index (χ1v) is 6.04. The van der Waals surface area contributed by atoms with Crippen LogP contribution in [0.25, 0.3) is 11.4 Å². The van der Waals surface area contributed by atoms with E-state index in [9.17, 15) is 5.11 Å². The van der Waals surface area contributed by atoms with Gasteiger partial charge in [0, 0.05) is 11.5 Å². The topological polar surface area (TPSA) is 85.2 Å². The van der Waals surface area contributed by atoms with Crippen LogP contribution < -0.4 is 5.73 Å². The van der Waals surface area contributed by atoms with Crippen LogP contribution >= 0.6 is 0 Å². The van der Waals surface area contributed by atoms with E-state index in [1.165, 1.54) is 0 Å². The molecule has 2 aromatic rings. The van der Waals surface area contributed by atoms with Crippen molar-refractivity contribution in [2.45, 2.75) is 25.7 Å². The SMILES string of the molecule is CC(CCCN)c1nc(-c2ccc(O)cc2)no1. The number of hydrogen-bond donors (Lipinski definition) is 2. The third-order valence-electron chi connectivity index (χ3n) is 2.83. The Bertz CT molecular complexity index is 493. The van der Waals surface area contributed by atoms with E-state index in [1.807, 2.05) is 6.92 Å². The van der Waals surface area contributed by atoms with Gasteiger partial charge in [-0.25, -0.2) is 0 Å². The van der Waals surface area contributed by atoms with Crippen molar-refractivity contribution < 1.29 is 9.63 Å². The predicted molar refractivity (Wildman–Crippen MR) is 68.1 cm³/mol. The molecule has 2 rings (SSSR count). The van der Waals surface area contributed by atoms with E-state index in [2.05, 4.69) is 10.1 Å². The highest BCUT2D eigenvalue weighted by Crippen LogP contribution is 2.23. The molecule has 1 unspecified atom stereocenters. The summed E-state index contributed by atoms with van der Waals surface area (Å²) in [5.41, 5.74) is 6.30. The van der Waals surface area contributed by atoms with Crippen LogP contribution in [0.4, 0.5) is 0 Å². The van der Waals surface area contributed by atoms with Crippen molar-refractivity contribution in [3.63, 3.8) is 0 Å². The highest BCUT2D eigenvalue weighted by Gasteiger charge is 2.14. The largest absolute Gasteiger partial charge is 0.508 e. The van der Waals surface area contributed by atoms with Crippen LogP contribution in [-0.4, -0.2) is 21.8 Å². The van der Waals surface area contributed by atoms with E-state index in [1.54, 1.807) is 24.3 Å². The molecule has 1 aromatic carbocycles. The molecule has 0 spiro atoms. The number of aromatic nitrogens is 2. The van der Waals surface area contributed by atoms with Gasteiger partial charge in [0.05, 0.1) is 0 Å². The molecule has 1 atom stereocenters. The van der Waals surface area contributed by atoms with Crippen molar-refractivity contribution in [2.75, 3.05) is 6.54 Å². The minimum atomic E-state index is 0.215. The van der Waals surface area contributed by atoms with Gasteiger partial charge in [0.2, 0.25) is 11.7 Å². The Kier molecular flexibility index (Phi) is 3.94. The monoisotopic (exact) mass is 247 g/mol. The van der Waals surface area contributed by atoms with Crippen molar-refractivity contribution >= 4 is 0 Å². The maximum atomic E-state index is 9.22. The lowest BCUT2D eigenvalue weighted by Crippen LogP contribution is -2.02. The summed E-state index contributed by atoms with van der Waals surface area (Å²) in [4.78, 5) is 4.36. The highest BCUT2D eigenvalue weighted by molar-refractivity contribution is 5.55. The molecule has 1 heterocycles. The Morgan fingerprint density at radius 1 is 1.33 bits per heavy atom. The molecule has 0 saturated carbocycles. The van der Waals surface area contributed by atoms with Gasteiger partial charge in [-0.1, -0.05) is 12.1 Å². The number of phenolic OH excluding ortho intramolecular Hbond substituents is 1. The average Bonchev–Trinajstić information content (AvgIpc) is 2.86. The fraction of sp³-hybridized carbons (Fsp3) is 0.385. The van der Waals surface area contributed by atoms with Crippen molar-refractivity contribution in [1.29, 1.82) is 0 Å². The first-order valence-electron chi connectivity index (χ1n) is 6.04. The molecule has 96 valence electrons. The van der Waals surface area contributed by atoms with Crippen molar-refractivity contribution in [2.24, 2.45) is 5.73 Å². The van der Waals surface area contributed by atoms with Gasteiger partial charge in [-0.15, -0.1) is 0 Å². The highest BCUT2D eigenvalue weighted by atomic mass is 16.5. The first-order chi connectivity index (χ1) is 8.70. The minimum Gasteiger partial charge on any atom is -0.508 e. The Labute approximate surface area is 106 Å². The predicted octanol–water partition coefficient (Wildman–Crippen LogP) is 2.28. The quantitative estimate of drug-likeness (QED) is 0.846. The Balaban J connectivity index is 2.12. The molecule has 0 radical (unpaired) electrons. The van der Waals surface area contributed by atoms with Gasteiger partial charge in [-0.05, 0) is 43.7 Å². The van der Waals surface area contributed by atoms with Gasteiger partial charge in [0.15, 0.2) is 0 Å². The number of nitrogens with two attached hydrogens (primary N) is 1. The summed E-state index contributed by atoms with van der Waals surface area (Å²) < 4.78 is 5.24. The normalized spacial score (nSPS) is 12.6. The number of hydrogen-bond acceptors (Lipinski definition) is 5. The summed E-state index contributed by atoms with van der Waals surface area (Å²) in [7, 11) is 0. The number of aromatic hydroxyl groups is 1.